The third-order valence-electron chi connectivity index (χ3n) is 4.47. The summed E-state index contributed by atoms with van der Waals surface area (Å²) in [6, 6.07) is 6.06. The van der Waals surface area contributed by atoms with Crippen LogP contribution in [0.2, 0.25) is 0 Å². The summed E-state index contributed by atoms with van der Waals surface area (Å²) in [4.78, 5) is 22.8. The van der Waals surface area contributed by atoms with Crippen molar-refractivity contribution in [1.82, 2.24) is 14.9 Å². The zero-order valence-corrected chi connectivity index (χ0v) is 11.9. The number of halogens is 1. The van der Waals surface area contributed by atoms with E-state index in [1.54, 1.807) is 30.7 Å². The van der Waals surface area contributed by atoms with Crippen LogP contribution in [0.3, 0.4) is 0 Å². The Morgan fingerprint density at radius 2 is 2.18 bits per heavy atom. The molecule has 0 spiro atoms. The van der Waals surface area contributed by atoms with Crippen molar-refractivity contribution in [2.45, 2.75) is 31.3 Å². The molecular weight excluding hydrogens is 283 g/mol. The number of amides is 2. The van der Waals surface area contributed by atoms with Gasteiger partial charge >= 0.3 is 6.03 Å². The van der Waals surface area contributed by atoms with Crippen LogP contribution in [-0.4, -0.2) is 26.9 Å². The molecule has 1 saturated heterocycles. The predicted molar refractivity (Wildman–Crippen MR) is 78.8 cm³/mol. The second kappa shape index (κ2) is 5.05. The van der Waals surface area contributed by atoms with Crippen molar-refractivity contribution in [2.75, 3.05) is 5.32 Å². The van der Waals surface area contributed by atoms with Crippen LogP contribution in [0, 0.1) is 5.82 Å². The number of aromatic nitrogens is 2. The van der Waals surface area contributed by atoms with Crippen molar-refractivity contribution in [3.05, 3.63) is 53.9 Å². The summed E-state index contributed by atoms with van der Waals surface area (Å²) >= 11 is 0. The molecule has 6 heteroatoms. The van der Waals surface area contributed by atoms with Gasteiger partial charge in [-0.1, -0.05) is 12.1 Å². The highest BCUT2D eigenvalue weighted by Gasteiger charge is 2.43. The van der Waals surface area contributed by atoms with Crippen molar-refractivity contribution in [3.8, 4) is 0 Å². The quantitative estimate of drug-likeness (QED) is 0.880. The summed E-state index contributed by atoms with van der Waals surface area (Å²) in [5.74, 6) is -0.427. The Hall–Kier alpha value is -2.50. The molecule has 0 saturated carbocycles. The predicted octanol–water partition coefficient (Wildman–Crippen LogP) is 2.91. The Morgan fingerprint density at radius 3 is 3.05 bits per heavy atom. The Bertz CT molecular complexity index is 736. The van der Waals surface area contributed by atoms with Gasteiger partial charge in [0.2, 0.25) is 0 Å². The second-order valence-corrected chi connectivity index (χ2v) is 5.69. The molecule has 0 radical (unpaired) electrons. The summed E-state index contributed by atoms with van der Waals surface area (Å²) in [5, 5.41) is 2.68. The lowest BCUT2D eigenvalue weighted by Gasteiger charge is -2.35. The molecule has 2 amide bonds. The molecule has 2 aliphatic heterocycles. The van der Waals surface area contributed by atoms with E-state index in [1.807, 2.05) is 4.90 Å². The molecule has 5 nitrogen and oxygen atoms in total. The van der Waals surface area contributed by atoms with Gasteiger partial charge in [-0.3, -0.25) is 0 Å². The number of benzene rings is 1. The number of carbonyl (C=O) groups is 1. The minimum atomic E-state index is -0.427. The lowest BCUT2D eigenvalue weighted by Crippen LogP contribution is -2.44. The minimum absolute atomic E-state index is 0.0123. The molecule has 0 unspecified atom stereocenters. The van der Waals surface area contributed by atoms with Crippen LogP contribution in [0.15, 0.2) is 36.8 Å². The van der Waals surface area contributed by atoms with Crippen molar-refractivity contribution < 1.29 is 9.18 Å². The average Bonchev–Trinajstić information content (AvgIpc) is 2.85. The Labute approximate surface area is 127 Å². The fourth-order valence-electron chi connectivity index (χ4n) is 3.48. The van der Waals surface area contributed by atoms with Crippen LogP contribution in [-0.2, 0) is 6.42 Å². The van der Waals surface area contributed by atoms with Crippen LogP contribution >= 0.6 is 0 Å². The van der Waals surface area contributed by atoms with Gasteiger partial charge in [-0.25, -0.2) is 19.2 Å². The van der Waals surface area contributed by atoms with E-state index in [2.05, 4.69) is 15.3 Å². The first kappa shape index (κ1) is 13.2. The van der Waals surface area contributed by atoms with E-state index >= 15 is 0 Å². The topological polar surface area (TPSA) is 58.1 Å². The molecule has 1 aromatic heterocycles. The summed E-state index contributed by atoms with van der Waals surface area (Å²) < 4.78 is 13.7. The number of nitrogens with one attached hydrogen (secondary N) is 1. The fourth-order valence-corrected chi connectivity index (χ4v) is 3.48. The number of hydrogen-bond donors (Lipinski definition) is 1. The Kier molecular flexibility index (Phi) is 3.03. The third-order valence-corrected chi connectivity index (χ3v) is 4.47. The van der Waals surface area contributed by atoms with Crippen LogP contribution in [0.25, 0.3) is 0 Å². The van der Waals surface area contributed by atoms with Crippen LogP contribution in [0.5, 0.6) is 0 Å². The van der Waals surface area contributed by atoms with Crippen molar-refractivity contribution in [1.29, 1.82) is 0 Å². The van der Waals surface area contributed by atoms with Gasteiger partial charge in [-0.15, -0.1) is 0 Å². The largest absolute Gasteiger partial charge is 0.322 e. The standard InChI is InChI=1S/C16H15FN4O/c17-12-3-1-2-4-13(12)20-16(22)21-10-5-6-15(21)11-8-18-9-19-14(11)7-10/h1-4,8-10,15H,5-7H2,(H,20,22)/t10-,15+/m0/s1. The van der Waals surface area contributed by atoms with Gasteiger partial charge < -0.3 is 10.2 Å². The molecular formula is C16H15FN4O. The molecule has 2 aromatic rings. The molecule has 1 N–H and O–H groups in total. The summed E-state index contributed by atoms with van der Waals surface area (Å²) in [5.41, 5.74) is 2.25. The van der Waals surface area contributed by atoms with Crippen LogP contribution in [0.4, 0.5) is 14.9 Å². The average molecular weight is 298 g/mol. The van der Waals surface area contributed by atoms with Gasteiger partial charge in [0.25, 0.3) is 0 Å². The summed E-state index contributed by atoms with van der Waals surface area (Å²) in [6.45, 7) is 0. The highest BCUT2D eigenvalue weighted by Crippen LogP contribution is 2.42. The van der Waals surface area contributed by atoms with E-state index < -0.39 is 5.82 Å². The number of para-hydroxylation sites is 1. The maximum atomic E-state index is 13.7. The second-order valence-electron chi connectivity index (χ2n) is 5.69. The molecule has 4 rings (SSSR count). The fraction of sp³-hybridized carbons (Fsp3) is 0.312. The van der Waals surface area contributed by atoms with Gasteiger partial charge in [0.15, 0.2) is 0 Å². The van der Waals surface area contributed by atoms with Gasteiger partial charge in [0.05, 0.1) is 17.4 Å². The molecule has 1 aromatic carbocycles. The smallest absolute Gasteiger partial charge is 0.314 e. The molecule has 22 heavy (non-hydrogen) atoms. The third kappa shape index (κ3) is 2.03. The Balaban J connectivity index is 1.61. The van der Waals surface area contributed by atoms with E-state index in [0.29, 0.717) is 0 Å². The SMILES string of the molecule is O=C(Nc1ccccc1F)N1[C@H]2CC[C@@H]1c1cncnc1C2. The number of hydrogen-bond acceptors (Lipinski definition) is 3. The number of nitrogens with zero attached hydrogens (tertiary/aromatic N) is 3. The molecule has 3 heterocycles. The first-order valence-corrected chi connectivity index (χ1v) is 7.36. The van der Waals surface area contributed by atoms with E-state index in [4.69, 9.17) is 0 Å². The van der Waals surface area contributed by atoms with Gasteiger partial charge in [0.1, 0.15) is 12.1 Å². The summed E-state index contributed by atoms with van der Waals surface area (Å²) in [7, 11) is 0. The monoisotopic (exact) mass is 298 g/mol. The van der Waals surface area contributed by atoms with E-state index in [1.165, 1.54) is 6.07 Å². The Morgan fingerprint density at radius 1 is 1.32 bits per heavy atom. The molecule has 112 valence electrons. The maximum absolute atomic E-state index is 13.7. The van der Waals surface area contributed by atoms with Crippen LogP contribution in [0.1, 0.15) is 30.1 Å². The number of urea groups is 1. The number of anilines is 1. The van der Waals surface area contributed by atoms with Gasteiger partial charge in [0, 0.05) is 24.2 Å². The number of fused-ring (bicyclic) bond motifs is 4. The zero-order chi connectivity index (χ0) is 15.1. The lowest BCUT2D eigenvalue weighted by molar-refractivity contribution is 0.178. The van der Waals surface area contributed by atoms with Crippen molar-refractivity contribution >= 4 is 11.7 Å². The zero-order valence-electron chi connectivity index (χ0n) is 11.9. The van der Waals surface area contributed by atoms with Gasteiger partial charge in [-0.05, 0) is 25.0 Å². The van der Waals surface area contributed by atoms with Gasteiger partial charge in [-0.2, -0.15) is 0 Å². The molecule has 2 bridgehead atoms. The first-order chi connectivity index (χ1) is 10.7. The number of carbonyl (C=O) groups excluding carboxylic acids is 1. The maximum Gasteiger partial charge on any atom is 0.322 e. The van der Waals surface area contributed by atoms with Crippen LogP contribution < -0.4 is 5.32 Å². The molecule has 1 fully saturated rings. The molecule has 2 atom stereocenters. The van der Waals surface area contributed by atoms with Crippen molar-refractivity contribution in [2.24, 2.45) is 0 Å². The lowest BCUT2D eigenvalue weighted by atomic mass is 10.00. The molecule has 0 aliphatic carbocycles. The van der Waals surface area contributed by atoms with E-state index in [-0.39, 0.29) is 23.8 Å². The van der Waals surface area contributed by atoms with E-state index in [9.17, 15) is 9.18 Å². The minimum Gasteiger partial charge on any atom is -0.314 e. The molecule has 2 aliphatic rings. The normalized spacial score (nSPS) is 22.3. The van der Waals surface area contributed by atoms with Crippen molar-refractivity contribution in [3.63, 3.8) is 0 Å². The first-order valence-electron chi connectivity index (χ1n) is 7.36. The highest BCUT2D eigenvalue weighted by molar-refractivity contribution is 5.90. The highest BCUT2D eigenvalue weighted by atomic mass is 19.1. The van der Waals surface area contributed by atoms with E-state index in [0.717, 1.165) is 30.5 Å². The number of rotatable bonds is 1. The summed E-state index contributed by atoms with van der Waals surface area (Å²) in [6.07, 6.45) is 5.91.